The van der Waals surface area contributed by atoms with Crippen LogP contribution in [0.5, 0.6) is 0 Å². The fraction of sp³-hybridized carbons (Fsp3) is 0.538. The second-order valence-corrected chi connectivity index (χ2v) is 18.4. The molecule has 2 atom stereocenters. The lowest BCUT2D eigenvalue weighted by Crippen LogP contribution is -2.66. The number of thioether (sulfide) groups is 1. The summed E-state index contributed by atoms with van der Waals surface area (Å²) in [5, 5.41) is 2.79. The predicted molar refractivity (Wildman–Crippen MR) is 142 cm³/mol. The van der Waals surface area contributed by atoms with Crippen LogP contribution in [0.4, 0.5) is 0 Å². The first kappa shape index (κ1) is 25.9. The Balaban J connectivity index is 1.64. The molecular weight excluding hydrogens is 453 g/mol. The molecule has 1 saturated heterocycles. The van der Waals surface area contributed by atoms with Crippen LogP contribution in [0.1, 0.15) is 47.5 Å². The molecule has 0 saturated carbocycles. The summed E-state index contributed by atoms with van der Waals surface area (Å²) in [4.78, 5) is 0. The van der Waals surface area contributed by atoms with Gasteiger partial charge in [-0.25, -0.2) is 0 Å². The van der Waals surface area contributed by atoms with Gasteiger partial charge in [0.25, 0.3) is 8.32 Å². The highest BCUT2D eigenvalue weighted by atomic mass is 32.3. The number of ether oxygens (including phenoxy) is 1. The molecule has 32 heavy (non-hydrogen) atoms. The smallest absolute Gasteiger partial charge is 0.261 e. The molecule has 1 fully saturated rings. The van der Waals surface area contributed by atoms with E-state index in [0.717, 1.165) is 18.6 Å². The monoisotopic (exact) mass is 490 g/mol. The lowest BCUT2D eigenvalue weighted by molar-refractivity contribution is 0.0945. The first-order chi connectivity index (χ1) is 15.2. The van der Waals surface area contributed by atoms with Crippen molar-refractivity contribution in [2.45, 2.75) is 61.8 Å². The zero-order valence-corrected chi connectivity index (χ0v) is 22.8. The van der Waals surface area contributed by atoms with E-state index in [-0.39, 0.29) is 14.4 Å². The molecule has 0 spiro atoms. The van der Waals surface area contributed by atoms with E-state index < -0.39 is 19.5 Å². The first-order valence-electron chi connectivity index (χ1n) is 11.6. The normalized spacial score (nSPS) is 21.4. The van der Waals surface area contributed by atoms with Crippen LogP contribution in [0.15, 0.2) is 60.7 Å². The van der Waals surface area contributed by atoms with E-state index in [1.165, 1.54) is 10.4 Å². The van der Waals surface area contributed by atoms with E-state index in [1.807, 2.05) is 11.8 Å². The molecule has 176 valence electrons. The predicted octanol–water partition coefficient (Wildman–Crippen LogP) is 4.96. The van der Waals surface area contributed by atoms with Gasteiger partial charge in [0.2, 0.25) is 0 Å². The van der Waals surface area contributed by atoms with E-state index in [0.29, 0.717) is 19.8 Å². The molecule has 0 aromatic heterocycles. The van der Waals surface area contributed by atoms with Gasteiger partial charge in [-0.3, -0.25) is 0 Å². The topological polar surface area (TPSA) is 41.5 Å². The van der Waals surface area contributed by atoms with Crippen LogP contribution in [-0.4, -0.2) is 47.8 Å². The lowest BCUT2D eigenvalue weighted by Gasteiger charge is -2.43. The molecule has 2 aromatic rings. The van der Waals surface area contributed by atoms with Crippen LogP contribution in [0.3, 0.4) is 0 Å². The third kappa shape index (κ3) is 5.83. The quantitative estimate of drug-likeness (QED) is 0.283. The van der Waals surface area contributed by atoms with E-state index in [9.17, 15) is 4.55 Å². The van der Waals surface area contributed by atoms with Gasteiger partial charge in [0.05, 0.1) is 19.8 Å². The summed E-state index contributed by atoms with van der Waals surface area (Å²) in [7, 11) is -2.50. The molecule has 3 rings (SSSR count). The largest absolute Gasteiger partial charge is 0.615 e. The number of benzene rings is 2. The molecule has 2 aromatic carbocycles. The first-order valence-corrected chi connectivity index (χ1v) is 15.7. The van der Waals surface area contributed by atoms with Gasteiger partial charge in [-0.1, -0.05) is 81.4 Å². The second kappa shape index (κ2) is 11.1. The Morgan fingerprint density at radius 3 is 2.06 bits per heavy atom. The molecule has 3 nitrogen and oxygen atoms in total. The van der Waals surface area contributed by atoms with Crippen LogP contribution >= 0.6 is 11.8 Å². The molecule has 1 aliphatic rings. The van der Waals surface area contributed by atoms with Crippen molar-refractivity contribution in [1.29, 1.82) is 0 Å². The Bertz CT molecular complexity index is 784. The minimum Gasteiger partial charge on any atom is -0.615 e. The fourth-order valence-corrected chi connectivity index (χ4v) is 12.7. The van der Waals surface area contributed by atoms with E-state index in [2.05, 4.69) is 95.3 Å². The van der Waals surface area contributed by atoms with Gasteiger partial charge < -0.3 is 13.7 Å². The van der Waals surface area contributed by atoms with E-state index in [4.69, 9.17) is 9.16 Å². The molecule has 0 bridgehead atoms. The van der Waals surface area contributed by atoms with Gasteiger partial charge >= 0.3 is 0 Å². The minimum absolute atomic E-state index is 0.0298. The highest BCUT2D eigenvalue weighted by Crippen LogP contribution is 2.40. The summed E-state index contributed by atoms with van der Waals surface area (Å²) >= 11 is 1.01. The summed E-state index contributed by atoms with van der Waals surface area (Å²) in [6.07, 6.45) is 1.87. The highest BCUT2D eigenvalue weighted by molar-refractivity contribution is 8.15. The standard InChI is InChI=1S/C26H38O3S2Si/c1-25(2,3)32(23-12-8-6-9-13-23,24-14-10-7-11-15-24)29-20-19-28-18-16-22-17-21-30-26(4,5)31(22)27/h6-15,22H,16-21H2,1-5H3. The lowest BCUT2D eigenvalue weighted by atomic mass is 10.2. The summed E-state index contributed by atoms with van der Waals surface area (Å²) in [6.45, 7) is 12.8. The van der Waals surface area contributed by atoms with Crippen LogP contribution in [0.25, 0.3) is 0 Å². The van der Waals surface area contributed by atoms with Crippen molar-refractivity contribution in [3.63, 3.8) is 0 Å². The molecule has 6 heteroatoms. The maximum Gasteiger partial charge on any atom is 0.261 e. The van der Waals surface area contributed by atoms with E-state index in [1.54, 1.807) is 0 Å². The SMILES string of the molecule is CC1(C)SCCC(CCOCCO[Si](c2ccccc2)(c2ccccc2)C(C)(C)C)[S+]1[O-]. The van der Waals surface area contributed by atoms with Gasteiger partial charge in [-0.15, -0.1) is 11.8 Å². The van der Waals surface area contributed by atoms with Crippen LogP contribution < -0.4 is 10.4 Å². The summed E-state index contributed by atoms with van der Waals surface area (Å²) in [5.74, 6) is 1.08. The third-order valence-corrected chi connectivity index (χ3v) is 15.3. The van der Waals surface area contributed by atoms with Crippen molar-refractivity contribution in [2.24, 2.45) is 0 Å². The molecular formula is C26H38O3S2Si. The Morgan fingerprint density at radius 1 is 0.969 bits per heavy atom. The fourth-order valence-electron chi connectivity index (χ4n) is 4.59. The van der Waals surface area contributed by atoms with Crippen molar-refractivity contribution < 1.29 is 13.7 Å². The highest BCUT2D eigenvalue weighted by Gasteiger charge is 2.50. The Kier molecular flexibility index (Phi) is 8.97. The molecule has 0 aliphatic carbocycles. The van der Waals surface area contributed by atoms with Gasteiger partial charge in [-0.2, -0.15) is 0 Å². The van der Waals surface area contributed by atoms with Gasteiger partial charge in [0.1, 0.15) is 5.25 Å². The molecule has 2 unspecified atom stereocenters. The van der Waals surface area contributed by atoms with Crippen molar-refractivity contribution >= 4 is 41.6 Å². The van der Waals surface area contributed by atoms with Crippen molar-refractivity contribution in [2.75, 3.05) is 25.6 Å². The number of hydrogen-bond acceptors (Lipinski definition) is 4. The Morgan fingerprint density at radius 2 is 1.53 bits per heavy atom. The molecule has 0 amide bonds. The summed E-state index contributed by atoms with van der Waals surface area (Å²) < 4.78 is 25.4. The molecule has 1 aliphatic heterocycles. The van der Waals surface area contributed by atoms with Gasteiger partial charge in [0.15, 0.2) is 4.08 Å². The number of rotatable bonds is 9. The molecule has 1 heterocycles. The van der Waals surface area contributed by atoms with E-state index >= 15 is 0 Å². The number of hydrogen-bond donors (Lipinski definition) is 0. The van der Waals surface area contributed by atoms with Crippen molar-refractivity contribution in [3.05, 3.63) is 60.7 Å². The second-order valence-electron chi connectivity index (χ2n) is 9.87. The van der Waals surface area contributed by atoms with Gasteiger partial charge in [-0.05, 0) is 40.4 Å². The Labute approximate surface area is 203 Å². The maximum absolute atomic E-state index is 12.7. The minimum atomic E-state index is -2.50. The van der Waals surface area contributed by atoms with Crippen molar-refractivity contribution in [1.82, 2.24) is 0 Å². The summed E-state index contributed by atoms with van der Waals surface area (Å²) in [6, 6.07) is 21.4. The average molecular weight is 491 g/mol. The summed E-state index contributed by atoms with van der Waals surface area (Å²) in [5.41, 5.74) is 0. The maximum atomic E-state index is 12.7. The third-order valence-electron chi connectivity index (χ3n) is 6.22. The van der Waals surface area contributed by atoms with Crippen LogP contribution in [0.2, 0.25) is 5.04 Å². The zero-order valence-electron chi connectivity index (χ0n) is 20.1. The van der Waals surface area contributed by atoms with Crippen LogP contribution in [-0.2, 0) is 20.3 Å². The van der Waals surface area contributed by atoms with Gasteiger partial charge in [0, 0.05) is 18.6 Å². The van der Waals surface area contributed by atoms with Crippen LogP contribution in [0, 0.1) is 0 Å². The van der Waals surface area contributed by atoms with Crippen molar-refractivity contribution in [3.8, 4) is 0 Å². The molecule has 0 N–H and O–H groups in total. The average Bonchev–Trinajstić information content (AvgIpc) is 2.76. The Hall–Kier alpha value is -0.763. The molecule has 0 radical (unpaired) electrons. The zero-order chi connectivity index (χ0) is 23.2.